The van der Waals surface area contributed by atoms with Gasteiger partial charge < -0.3 is 14.1 Å². The average Bonchev–Trinajstić information content (AvgIpc) is 3.25. The molecule has 0 radical (unpaired) electrons. The molecule has 35 heavy (non-hydrogen) atoms. The highest BCUT2D eigenvalue weighted by Gasteiger charge is 2.18. The molecule has 1 aliphatic heterocycles. The first-order valence-electron chi connectivity index (χ1n) is 12.3. The molecule has 1 N–H and O–H groups in total. The fourth-order valence-corrected chi connectivity index (χ4v) is 4.54. The molecule has 4 rings (SSSR count). The summed E-state index contributed by atoms with van der Waals surface area (Å²) in [4.78, 5) is 16.6. The highest BCUT2D eigenvalue weighted by Crippen LogP contribution is 2.33. The van der Waals surface area contributed by atoms with Gasteiger partial charge in [-0.05, 0) is 55.6 Å². The lowest BCUT2D eigenvalue weighted by Crippen LogP contribution is -2.50. The first-order valence-corrected chi connectivity index (χ1v) is 12.7. The van der Waals surface area contributed by atoms with E-state index in [0.29, 0.717) is 13.2 Å². The van der Waals surface area contributed by atoms with Crippen molar-refractivity contribution in [2.45, 2.75) is 19.3 Å². The number of fused-ring (bicyclic) bond motifs is 1. The van der Waals surface area contributed by atoms with E-state index in [1.54, 1.807) is 11.3 Å². The van der Waals surface area contributed by atoms with Crippen LogP contribution in [0.4, 0.5) is 0 Å². The van der Waals surface area contributed by atoms with Crippen LogP contribution in [0.3, 0.4) is 0 Å². The van der Waals surface area contributed by atoms with Gasteiger partial charge in [-0.15, -0.1) is 0 Å². The van der Waals surface area contributed by atoms with E-state index in [-0.39, 0.29) is 5.91 Å². The second-order valence-electron chi connectivity index (χ2n) is 9.27. The van der Waals surface area contributed by atoms with Crippen LogP contribution in [0.2, 0.25) is 5.02 Å². The van der Waals surface area contributed by atoms with Crippen LogP contribution in [0.1, 0.15) is 19.3 Å². The molecule has 1 aromatic heterocycles. The zero-order valence-electron chi connectivity index (χ0n) is 20.6. The number of carbonyl (C=O) groups excluding carboxylic acids is 1. The summed E-state index contributed by atoms with van der Waals surface area (Å²) in [7, 11) is 3.66. The molecule has 7 nitrogen and oxygen atoms in total. The molecule has 1 aliphatic rings. The number of hydrogen-bond acceptors (Lipinski definition) is 6. The molecule has 2 aromatic carbocycles. The van der Waals surface area contributed by atoms with Crippen molar-refractivity contribution in [1.29, 1.82) is 0 Å². The Labute approximate surface area is 212 Å². The standard InChI is InChI=1S/C27H35ClN4O3/c1-30(2)29-27(33)19-32-15-13-31(14-16-32)12-4-3-5-17-34-23-10-11-24-25(20-35-26(24)18-23)21-6-8-22(28)9-7-21/h6-11,18,20H,3-5,12-17,19H2,1-2H3,(H,29,33). The number of piperazine rings is 1. The molecule has 0 aliphatic carbocycles. The van der Waals surface area contributed by atoms with Crippen molar-refractivity contribution in [3.63, 3.8) is 0 Å². The van der Waals surface area contributed by atoms with Gasteiger partial charge in [0, 0.05) is 62.3 Å². The molecule has 8 heteroatoms. The average molecular weight is 499 g/mol. The number of ether oxygens (including phenoxy) is 1. The summed E-state index contributed by atoms with van der Waals surface area (Å²) in [5.41, 5.74) is 5.77. The van der Waals surface area contributed by atoms with Gasteiger partial charge in [-0.3, -0.25) is 15.1 Å². The predicted molar refractivity (Wildman–Crippen MR) is 141 cm³/mol. The fraction of sp³-hybridized carbons (Fsp3) is 0.444. The summed E-state index contributed by atoms with van der Waals surface area (Å²) in [5, 5.41) is 3.48. The number of nitrogens with zero attached hydrogens (tertiary/aromatic N) is 3. The van der Waals surface area contributed by atoms with Crippen molar-refractivity contribution in [2.24, 2.45) is 0 Å². The normalized spacial score (nSPS) is 15.1. The molecule has 0 spiro atoms. The molecule has 0 unspecified atom stereocenters. The first-order chi connectivity index (χ1) is 17.0. The Bertz CT molecular complexity index is 1090. The summed E-state index contributed by atoms with van der Waals surface area (Å²) in [5.74, 6) is 0.889. The van der Waals surface area contributed by atoms with Crippen LogP contribution in [-0.4, -0.2) is 80.7 Å². The lowest BCUT2D eigenvalue weighted by molar-refractivity contribution is -0.126. The van der Waals surface area contributed by atoms with Crippen molar-refractivity contribution in [1.82, 2.24) is 20.2 Å². The Kier molecular flexibility index (Phi) is 9.04. The Morgan fingerprint density at radius 2 is 1.77 bits per heavy atom. The number of unbranched alkanes of at least 4 members (excludes halogenated alkanes) is 2. The third-order valence-electron chi connectivity index (χ3n) is 6.27. The summed E-state index contributed by atoms with van der Waals surface area (Å²) in [6, 6.07) is 13.8. The lowest BCUT2D eigenvalue weighted by atomic mass is 10.0. The molecule has 0 atom stereocenters. The number of rotatable bonds is 11. The van der Waals surface area contributed by atoms with E-state index >= 15 is 0 Å². The molecular formula is C27H35ClN4O3. The topological polar surface area (TPSA) is 61.2 Å². The summed E-state index contributed by atoms with van der Waals surface area (Å²) in [6.07, 6.45) is 5.11. The number of hydrogen-bond donors (Lipinski definition) is 1. The van der Waals surface area contributed by atoms with Gasteiger partial charge in [0.15, 0.2) is 0 Å². The van der Waals surface area contributed by atoms with Crippen molar-refractivity contribution in [3.8, 4) is 16.9 Å². The van der Waals surface area contributed by atoms with Crippen LogP contribution in [0.15, 0.2) is 53.1 Å². The van der Waals surface area contributed by atoms with Crippen molar-refractivity contribution in [3.05, 3.63) is 53.8 Å². The number of amides is 1. The van der Waals surface area contributed by atoms with E-state index < -0.39 is 0 Å². The van der Waals surface area contributed by atoms with Crippen molar-refractivity contribution in [2.75, 3.05) is 60.0 Å². The smallest absolute Gasteiger partial charge is 0.248 e. The highest BCUT2D eigenvalue weighted by molar-refractivity contribution is 6.30. The minimum Gasteiger partial charge on any atom is -0.493 e. The Morgan fingerprint density at radius 3 is 2.51 bits per heavy atom. The molecule has 188 valence electrons. The molecular weight excluding hydrogens is 464 g/mol. The van der Waals surface area contributed by atoms with Gasteiger partial charge in [-0.25, -0.2) is 5.01 Å². The lowest BCUT2D eigenvalue weighted by Gasteiger charge is -2.34. The Hall–Kier alpha value is -2.58. The first kappa shape index (κ1) is 25.5. The molecule has 0 bridgehead atoms. The van der Waals surface area contributed by atoms with E-state index in [0.717, 1.165) is 84.9 Å². The molecule has 0 saturated carbocycles. The van der Waals surface area contributed by atoms with E-state index in [1.165, 1.54) is 0 Å². The predicted octanol–water partition coefficient (Wildman–Crippen LogP) is 4.51. The maximum Gasteiger partial charge on any atom is 0.248 e. The van der Waals surface area contributed by atoms with E-state index in [1.807, 2.05) is 50.5 Å². The van der Waals surface area contributed by atoms with Gasteiger partial charge in [-0.1, -0.05) is 23.7 Å². The highest BCUT2D eigenvalue weighted by atomic mass is 35.5. The second-order valence-corrected chi connectivity index (χ2v) is 9.71. The zero-order chi connectivity index (χ0) is 24.6. The minimum absolute atomic E-state index is 0.0524. The number of hydrazine groups is 1. The van der Waals surface area contributed by atoms with Gasteiger partial charge in [-0.2, -0.15) is 0 Å². The number of benzene rings is 2. The van der Waals surface area contributed by atoms with Crippen LogP contribution in [0.5, 0.6) is 5.75 Å². The Morgan fingerprint density at radius 1 is 1.03 bits per heavy atom. The van der Waals surface area contributed by atoms with Gasteiger partial charge in [0.1, 0.15) is 11.3 Å². The van der Waals surface area contributed by atoms with Crippen LogP contribution in [0, 0.1) is 0 Å². The monoisotopic (exact) mass is 498 g/mol. The van der Waals surface area contributed by atoms with Crippen LogP contribution in [0.25, 0.3) is 22.1 Å². The van der Waals surface area contributed by atoms with E-state index in [4.69, 9.17) is 20.8 Å². The van der Waals surface area contributed by atoms with Gasteiger partial charge in [0.05, 0.1) is 19.4 Å². The molecule has 2 heterocycles. The van der Waals surface area contributed by atoms with E-state index in [9.17, 15) is 4.79 Å². The van der Waals surface area contributed by atoms with Crippen LogP contribution < -0.4 is 10.2 Å². The minimum atomic E-state index is 0.0524. The van der Waals surface area contributed by atoms with Gasteiger partial charge >= 0.3 is 0 Å². The third-order valence-corrected chi connectivity index (χ3v) is 6.52. The molecule has 1 amide bonds. The quantitative estimate of drug-likeness (QED) is 0.310. The number of furan rings is 1. The summed E-state index contributed by atoms with van der Waals surface area (Å²) in [6.45, 7) is 6.20. The maximum absolute atomic E-state index is 11.9. The van der Waals surface area contributed by atoms with Gasteiger partial charge in [0.2, 0.25) is 5.91 Å². The summed E-state index contributed by atoms with van der Waals surface area (Å²) < 4.78 is 11.8. The van der Waals surface area contributed by atoms with Crippen molar-refractivity contribution >= 4 is 28.5 Å². The van der Waals surface area contributed by atoms with Crippen LogP contribution in [-0.2, 0) is 4.79 Å². The zero-order valence-corrected chi connectivity index (χ0v) is 21.4. The number of carbonyl (C=O) groups is 1. The maximum atomic E-state index is 11.9. The Balaban J connectivity index is 1.12. The molecule has 1 saturated heterocycles. The molecule has 1 fully saturated rings. The number of nitrogens with one attached hydrogen (secondary N) is 1. The van der Waals surface area contributed by atoms with Gasteiger partial charge in [0.25, 0.3) is 0 Å². The van der Waals surface area contributed by atoms with Crippen LogP contribution >= 0.6 is 11.6 Å². The fourth-order valence-electron chi connectivity index (χ4n) is 4.41. The van der Waals surface area contributed by atoms with Crippen molar-refractivity contribution < 1.29 is 13.9 Å². The molecule has 3 aromatic rings. The largest absolute Gasteiger partial charge is 0.493 e. The third kappa shape index (κ3) is 7.45. The number of halogens is 1. The SMILES string of the molecule is CN(C)NC(=O)CN1CCN(CCCCCOc2ccc3c(-c4ccc(Cl)cc4)coc3c2)CC1. The van der Waals surface area contributed by atoms with E-state index in [2.05, 4.69) is 21.3 Å². The summed E-state index contributed by atoms with van der Waals surface area (Å²) >= 11 is 6.01. The second kappa shape index (κ2) is 12.4.